The molecule has 4 aromatic rings. The molecule has 3 heterocycles. The van der Waals surface area contributed by atoms with E-state index in [1.165, 1.54) is 23.1 Å². The van der Waals surface area contributed by atoms with Crippen LogP contribution in [0.4, 0.5) is 5.13 Å². The second-order valence-electron chi connectivity index (χ2n) is 6.44. The molecule has 0 bridgehead atoms. The molecule has 0 spiro atoms. The summed E-state index contributed by atoms with van der Waals surface area (Å²) < 4.78 is 9.23. The first-order valence-corrected chi connectivity index (χ1v) is 12.8. The Balaban J connectivity index is 1.40. The minimum Gasteiger partial charge on any atom is -0.446 e. The molecule has 0 aliphatic carbocycles. The van der Waals surface area contributed by atoms with Gasteiger partial charge >= 0.3 is 0 Å². The van der Waals surface area contributed by atoms with Gasteiger partial charge in [0.05, 0.1) is 11.4 Å². The van der Waals surface area contributed by atoms with Crippen LogP contribution in [0.3, 0.4) is 0 Å². The highest BCUT2D eigenvalue weighted by atomic mass is 79.9. The third-order valence-corrected chi connectivity index (χ3v) is 6.86. The lowest BCUT2D eigenvalue weighted by Gasteiger charge is -2.07. The fourth-order valence-corrected chi connectivity index (χ4v) is 4.88. The number of aromatic nitrogens is 4. The average Bonchev–Trinajstić information content (AvgIpc) is 3.48. The van der Waals surface area contributed by atoms with Gasteiger partial charge in [0.15, 0.2) is 20.7 Å². The van der Waals surface area contributed by atoms with Crippen LogP contribution in [0.15, 0.2) is 60.5 Å². The molecule has 0 saturated carbocycles. The van der Waals surface area contributed by atoms with Gasteiger partial charge in [-0.15, -0.1) is 21.5 Å². The van der Waals surface area contributed by atoms with Gasteiger partial charge in [0.25, 0.3) is 0 Å². The number of carbonyl (C=O) groups is 1. The first kappa shape index (κ1) is 22.3. The molecule has 7 nitrogen and oxygen atoms in total. The number of thiazole rings is 1. The number of amides is 1. The number of furan rings is 1. The molecule has 0 unspecified atom stereocenters. The molecule has 3 aromatic heterocycles. The maximum absolute atomic E-state index is 12.5. The Labute approximate surface area is 203 Å². The molecule has 1 aromatic carbocycles. The van der Waals surface area contributed by atoms with Crippen molar-refractivity contribution in [3.63, 3.8) is 0 Å². The van der Waals surface area contributed by atoms with Crippen LogP contribution in [0.2, 0.25) is 0 Å². The maximum atomic E-state index is 12.5. The van der Waals surface area contributed by atoms with E-state index in [4.69, 9.17) is 4.42 Å². The summed E-state index contributed by atoms with van der Waals surface area (Å²) in [6.07, 6.45) is 0.907. The zero-order chi connectivity index (χ0) is 21.8. The fraction of sp³-hybridized carbons (Fsp3) is 0.200. The summed E-state index contributed by atoms with van der Waals surface area (Å²) in [7, 11) is 0. The molecule has 0 saturated heterocycles. The van der Waals surface area contributed by atoms with Crippen LogP contribution in [0, 0.1) is 0 Å². The number of thioether (sulfide) groups is 1. The van der Waals surface area contributed by atoms with Gasteiger partial charge < -0.3 is 9.73 Å². The molecule has 1 N–H and O–H groups in total. The molecule has 0 radical (unpaired) electrons. The lowest BCUT2D eigenvalue weighted by atomic mass is 10.2. The second kappa shape index (κ2) is 10.1. The number of hydrogen-bond donors (Lipinski definition) is 1. The Morgan fingerprint density at radius 3 is 2.71 bits per heavy atom. The molecular formula is C20H17Br2N5O2S2. The van der Waals surface area contributed by atoms with E-state index in [0.717, 1.165) is 28.7 Å². The Morgan fingerprint density at radius 2 is 2.00 bits per heavy atom. The molecule has 0 fully saturated rings. The minimum atomic E-state index is -0.143. The van der Waals surface area contributed by atoms with E-state index in [9.17, 15) is 4.79 Å². The van der Waals surface area contributed by atoms with E-state index in [-0.39, 0.29) is 11.7 Å². The van der Waals surface area contributed by atoms with Gasteiger partial charge in [0, 0.05) is 22.0 Å². The van der Waals surface area contributed by atoms with Gasteiger partial charge in [-0.1, -0.05) is 46.7 Å². The van der Waals surface area contributed by atoms with Crippen molar-refractivity contribution in [2.75, 3.05) is 11.1 Å². The molecule has 4 rings (SSSR count). The van der Waals surface area contributed by atoms with Crippen LogP contribution < -0.4 is 5.32 Å². The van der Waals surface area contributed by atoms with Crippen molar-refractivity contribution >= 4 is 66.0 Å². The largest absolute Gasteiger partial charge is 0.446 e. The summed E-state index contributed by atoms with van der Waals surface area (Å²) in [5.74, 6) is 1.34. The van der Waals surface area contributed by atoms with E-state index in [1.807, 2.05) is 46.3 Å². The highest BCUT2D eigenvalue weighted by Gasteiger charge is 2.18. The highest BCUT2D eigenvalue weighted by Crippen LogP contribution is 2.29. The van der Waals surface area contributed by atoms with Crippen LogP contribution in [-0.2, 0) is 11.3 Å². The van der Waals surface area contributed by atoms with E-state index in [0.29, 0.717) is 26.5 Å². The molecular weight excluding hydrogens is 566 g/mol. The van der Waals surface area contributed by atoms with Crippen molar-refractivity contribution in [2.45, 2.75) is 25.0 Å². The normalized spacial score (nSPS) is 11.1. The molecule has 0 aliphatic heterocycles. The lowest BCUT2D eigenvalue weighted by Crippen LogP contribution is -2.14. The van der Waals surface area contributed by atoms with Gasteiger partial charge in [0.1, 0.15) is 0 Å². The smallest absolute Gasteiger partial charge is 0.236 e. The first-order chi connectivity index (χ1) is 15.0. The van der Waals surface area contributed by atoms with E-state index < -0.39 is 0 Å². The van der Waals surface area contributed by atoms with Gasteiger partial charge in [-0.25, -0.2) is 4.98 Å². The van der Waals surface area contributed by atoms with Crippen molar-refractivity contribution in [2.24, 2.45) is 0 Å². The number of hydrogen-bond acceptors (Lipinski definition) is 7. The Kier molecular flexibility index (Phi) is 7.26. The monoisotopic (exact) mass is 581 g/mol. The Bertz CT molecular complexity index is 1190. The van der Waals surface area contributed by atoms with Gasteiger partial charge in [-0.3, -0.25) is 9.36 Å². The van der Waals surface area contributed by atoms with Crippen molar-refractivity contribution in [3.8, 4) is 22.8 Å². The molecule has 160 valence electrons. The van der Waals surface area contributed by atoms with Gasteiger partial charge in [-0.05, 0) is 46.6 Å². The van der Waals surface area contributed by atoms with Crippen LogP contribution in [0.5, 0.6) is 0 Å². The minimum absolute atomic E-state index is 0.143. The molecule has 0 aliphatic rings. The summed E-state index contributed by atoms with van der Waals surface area (Å²) in [5.41, 5.74) is 1.83. The summed E-state index contributed by atoms with van der Waals surface area (Å²) in [6, 6.07) is 11.5. The number of anilines is 1. The zero-order valence-corrected chi connectivity index (χ0v) is 21.1. The van der Waals surface area contributed by atoms with E-state index in [2.05, 4.69) is 59.3 Å². The Morgan fingerprint density at radius 1 is 1.19 bits per heavy atom. The average molecular weight is 583 g/mol. The maximum Gasteiger partial charge on any atom is 0.236 e. The Hall–Kier alpha value is -1.95. The van der Waals surface area contributed by atoms with Crippen LogP contribution in [0.25, 0.3) is 22.8 Å². The van der Waals surface area contributed by atoms with Crippen molar-refractivity contribution in [1.82, 2.24) is 19.7 Å². The SMILES string of the molecule is CCCn1c(SCC(=O)Nc2nc(-c3ccc(Br)cc3)cs2)nnc1-c1ccc(Br)o1. The highest BCUT2D eigenvalue weighted by molar-refractivity contribution is 9.10. The fourth-order valence-electron chi connectivity index (χ4n) is 2.81. The predicted molar refractivity (Wildman–Crippen MR) is 130 cm³/mol. The van der Waals surface area contributed by atoms with Crippen LogP contribution in [0.1, 0.15) is 13.3 Å². The quantitative estimate of drug-likeness (QED) is 0.244. The standard InChI is InChI=1S/C20H17Br2N5O2S2/c1-2-9-27-18(15-7-8-16(22)29-15)25-26-20(27)31-11-17(28)24-19-23-14(10-30-19)12-3-5-13(21)6-4-12/h3-8,10H,2,9,11H2,1H3,(H,23,24,28). The predicted octanol–water partition coefficient (Wildman–Crippen LogP) is 6.33. The third kappa shape index (κ3) is 5.46. The summed E-state index contributed by atoms with van der Waals surface area (Å²) in [5, 5.41) is 14.5. The number of halogens is 2. The van der Waals surface area contributed by atoms with Crippen molar-refractivity contribution < 1.29 is 9.21 Å². The van der Waals surface area contributed by atoms with Gasteiger partial charge in [-0.2, -0.15) is 0 Å². The van der Waals surface area contributed by atoms with Crippen molar-refractivity contribution in [1.29, 1.82) is 0 Å². The van der Waals surface area contributed by atoms with Crippen LogP contribution >= 0.6 is 55.0 Å². The third-order valence-electron chi connectivity index (χ3n) is 4.18. The lowest BCUT2D eigenvalue weighted by molar-refractivity contribution is -0.113. The summed E-state index contributed by atoms with van der Waals surface area (Å²) >= 11 is 9.48. The molecule has 31 heavy (non-hydrogen) atoms. The molecule has 1 amide bonds. The number of nitrogens with zero attached hydrogens (tertiary/aromatic N) is 4. The molecule has 11 heteroatoms. The van der Waals surface area contributed by atoms with E-state index >= 15 is 0 Å². The number of benzene rings is 1. The first-order valence-electron chi connectivity index (χ1n) is 9.36. The summed E-state index contributed by atoms with van der Waals surface area (Å²) in [6.45, 7) is 2.81. The van der Waals surface area contributed by atoms with Gasteiger partial charge in [0.2, 0.25) is 11.7 Å². The summed E-state index contributed by atoms with van der Waals surface area (Å²) in [4.78, 5) is 17.0. The number of rotatable bonds is 8. The molecule has 0 atom stereocenters. The van der Waals surface area contributed by atoms with Crippen LogP contribution in [-0.4, -0.2) is 31.4 Å². The number of carbonyl (C=O) groups excluding carboxylic acids is 1. The zero-order valence-electron chi connectivity index (χ0n) is 16.3. The van der Waals surface area contributed by atoms with Crippen molar-refractivity contribution in [3.05, 3.63) is 50.9 Å². The topological polar surface area (TPSA) is 85.8 Å². The number of nitrogens with one attached hydrogen (secondary N) is 1. The second-order valence-corrected chi connectivity index (χ2v) is 9.94. The van der Waals surface area contributed by atoms with E-state index in [1.54, 1.807) is 0 Å².